The molecule has 3 aliphatic rings. The van der Waals surface area contributed by atoms with Crippen molar-refractivity contribution in [2.75, 3.05) is 11.9 Å². The number of rotatable bonds is 4. The Hall–Kier alpha value is -5.67. The zero-order chi connectivity index (χ0) is 36.9. The van der Waals surface area contributed by atoms with Crippen LogP contribution in [-0.4, -0.2) is 71.9 Å². The first kappa shape index (κ1) is 34.8. The highest BCUT2D eigenvalue weighted by atomic mass is 19.4. The third-order valence-corrected chi connectivity index (χ3v) is 10.1. The number of pyridine rings is 1. The van der Waals surface area contributed by atoms with E-state index >= 15 is 0 Å². The number of piperidine rings is 1. The zero-order valence-corrected chi connectivity index (χ0v) is 28.5. The summed E-state index contributed by atoms with van der Waals surface area (Å²) in [7, 11) is 0. The molecule has 4 N–H and O–H groups in total. The molecule has 5 heterocycles. The van der Waals surface area contributed by atoms with Gasteiger partial charge in [0.15, 0.2) is 5.69 Å². The summed E-state index contributed by atoms with van der Waals surface area (Å²) in [6.07, 6.45) is 5.14. The van der Waals surface area contributed by atoms with Gasteiger partial charge in [0, 0.05) is 47.8 Å². The monoisotopic (exact) mass is 715 g/mol. The van der Waals surface area contributed by atoms with E-state index in [0.29, 0.717) is 59.1 Å². The largest absolute Gasteiger partial charge is 0.433 e. The van der Waals surface area contributed by atoms with Gasteiger partial charge < -0.3 is 21.3 Å². The molecule has 13 nitrogen and oxygen atoms in total. The molecule has 2 fully saturated rings. The first-order valence-corrected chi connectivity index (χ1v) is 16.9. The fourth-order valence-electron chi connectivity index (χ4n) is 7.33. The molecule has 270 valence electrons. The predicted octanol–water partition coefficient (Wildman–Crippen LogP) is 4.02. The highest BCUT2D eigenvalue weighted by Crippen LogP contribution is 2.59. The van der Waals surface area contributed by atoms with Crippen LogP contribution in [-0.2, 0) is 33.5 Å². The lowest BCUT2D eigenvalue weighted by atomic mass is 9.98. The van der Waals surface area contributed by atoms with Crippen molar-refractivity contribution in [2.45, 2.75) is 77.2 Å². The molecule has 7 rings (SSSR count). The third kappa shape index (κ3) is 6.60. The van der Waals surface area contributed by atoms with Gasteiger partial charge in [0.25, 0.3) is 5.91 Å². The van der Waals surface area contributed by atoms with E-state index in [1.165, 1.54) is 22.6 Å². The van der Waals surface area contributed by atoms with Gasteiger partial charge in [-0.15, -0.1) is 0 Å². The lowest BCUT2D eigenvalue weighted by molar-refractivity contribution is -0.141. The third-order valence-electron chi connectivity index (χ3n) is 10.1. The van der Waals surface area contributed by atoms with Gasteiger partial charge in [-0.1, -0.05) is 18.2 Å². The number of hydrogen-bond acceptors (Lipinski definition) is 8. The number of carbonyl (C=O) groups is 4. The summed E-state index contributed by atoms with van der Waals surface area (Å²) >= 11 is 0. The SMILES string of the molecule is Cc1ncc(-c2cc3c4c(c2)c(C(N)=O)nn4CC(=O)N2[C@H](C(=O)Nc4nc(C(F)(F)F)ccc4C)C[C@@]4(CNC(=O)CCC/C=C/C3)C[C@@H]24)cn1. The smallest absolute Gasteiger partial charge is 0.364 e. The first-order valence-electron chi connectivity index (χ1n) is 16.9. The summed E-state index contributed by atoms with van der Waals surface area (Å²) < 4.78 is 41.9. The van der Waals surface area contributed by atoms with Crippen LogP contribution in [0.2, 0.25) is 0 Å². The van der Waals surface area contributed by atoms with Gasteiger partial charge in [-0.3, -0.25) is 23.9 Å². The van der Waals surface area contributed by atoms with E-state index < -0.39 is 47.1 Å². The van der Waals surface area contributed by atoms with Crippen molar-refractivity contribution < 1.29 is 32.3 Å². The minimum Gasteiger partial charge on any atom is -0.364 e. The Morgan fingerprint density at radius 2 is 1.83 bits per heavy atom. The molecule has 52 heavy (non-hydrogen) atoms. The minimum absolute atomic E-state index is 0.0393. The number of allylic oxidation sites excluding steroid dienone is 2. The maximum Gasteiger partial charge on any atom is 0.433 e. The number of halogens is 3. The molecule has 0 unspecified atom stereocenters. The van der Waals surface area contributed by atoms with Gasteiger partial charge >= 0.3 is 6.18 Å². The maximum absolute atomic E-state index is 14.4. The van der Waals surface area contributed by atoms with Gasteiger partial charge in [-0.2, -0.15) is 18.3 Å². The Morgan fingerprint density at radius 1 is 1.06 bits per heavy atom. The van der Waals surface area contributed by atoms with E-state index in [9.17, 15) is 32.3 Å². The number of aromatic nitrogens is 5. The molecule has 4 aromatic rings. The van der Waals surface area contributed by atoms with Crippen molar-refractivity contribution in [1.29, 1.82) is 0 Å². The van der Waals surface area contributed by atoms with Crippen LogP contribution in [0.5, 0.6) is 0 Å². The summed E-state index contributed by atoms with van der Waals surface area (Å²) in [4.78, 5) is 67.5. The molecule has 2 aliphatic heterocycles. The summed E-state index contributed by atoms with van der Waals surface area (Å²) in [6, 6.07) is 4.22. The summed E-state index contributed by atoms with van der Waals surface area (Å²) in [6.45, 7) is 3.15. The van der Waals surface area contributed by atoms with Crippen molar-refractivity contribution >= 4 is 40.3 Å². The van der Waals surface area contributed by atoms with Crippen LogP contribution in [0, 0.1) is 19.3 Å². The lowest BCUT2D eigenvalue weighted by Crippen LogP contribution is -2.47. The second-order valence-electron chi connectivity index (χ2n) is 13.7. The number of aryl methyl sites for hydroxylation is 2. The van der Waals surface area contributed by atoms with Crippen LogP contribution < -0.4 is 16.4 Å². The molecule has 0 radical (unpaired) electrons. The van der Waals surface area contributed by atoms with Crippen LogP contribution >= 0.6 is 0 Å². The van der Waals surface area contributed by atoms with E-state index in [2.05, 4.69) is 30.7 Å². The van der Waals surface area contributed by atoms with E-state index in [0.717, 1.165) is 11.6 Å². The number of carbonyl (C=O) groups excluding carboxylic acids is 4. The summed E-state index contributed by atoms with van der Waals surface area (Å²) in [5.74, 6) is -1.82. The summed E-state index contributed by atoms with van der Waals surface area (Å²) in [5.41, 5.74) is 6.98. The van der Waals surface area contributed by atoms with Crippen molar-refractivity contribution in [3.8, 4) is 11.1 Å². The molecule has 4 amide bonds. The van der Waals surface area contributed by atoms with Crippen LogP contribution in [0.3, 0.4) is 0 Å². The molecule has 3 atom stereocenters. The number of hydrogen-bond donors (Lipinski definition) is 3. The molecule has 2 bridgehead atoms. The highest BCUT2D eigenvalue weighted by molar-refractivity contribution is 6.06. The molecule has 1 saturated carbocycles. The minimum atomic E-state index is -4.73. The second-order valence-corrected chi connectivity index (χ2v) is 13.7. The average molecular weight is 716 g/mol. The molecular formula is C36H36F3N9O4. The Bertz CT molecular complexity index is 2150. The lowest BCUT2D eigenvalue weighted by Gasteiger charge is -2.27. The zero-order valence-electron chi connectivity index (χ0n) is 28.5. The van der Waals surface area contributed by atoms with Gasteiger partial charge in [0.1, 0.15) is 29.9 Å². The van der Waals surface area contributed by atoms with Crippen LogP contribution in [0.4, 0.5) is 19.0 Å². The first-order chi connectivity index (χ1) is 24.7. The van der Waals surface area contributed by atoms with Gasteiger partial charge in [0.05, 0.1) is 5.52 Å². The van der Waals surface area contributed by atoms with Crippen molar-refractivity contribution in [2.24, 2.45) is 11.1 Å². The fraction of sp³-hybridized carbons (Fsp3) is 0.389. The number of nitrogens with zero attached hydrogens (tertiary/aromatic N) is 6. The number of alkyl halides is 3. The number of benzene rings is 1. The molecule has 3 aromatic heterocycles. The summed E-state index contributed by atoms with van der Waals surface area (Å²) in [5, 5.41) is 10.4. The van der Waals surface area contributed by atoms with E-state index in [4.69, 9.17) is 5.73 Å². The normalized spacial score (nSPS) is 22.8. The highest BCUT2D eigenvalue weighted by Gasteiger charge is 2.67. The number of nitrogens with one attached hydrogen (secondary N) is 2. The van der Waals surface area contributed by atoms with E-state index in [1.54, 1.807) is 25.4 Å². The molecule has 1 aliphatic carbocycles. The van der Waals surface area contributed by atoms with Gasteiger partial charge in [0.2, 0.25) is 17.7 Å². The van der Waals surface area contributed by atoms with E-state index in [-0.39, 0.29) is 43.4 Å². The Balaban J connectivity index is 1.29. The molecule has 1 saturated heterocycles. The fourth-order valence-corrected chi connectivity index (χ4v) is 7.33. The second kappa shape index (κ2) is 13.1. The Kier molecular flexibility index (Phi) is 8.79. The van der Waals surface area contributed by atoms with Crippen molar-refractivity contribution in [3.05, 3.63) is 77.2 Å². The number of nitrogens with two attached hydrogens (primary N) is 1. The molecule has 0 spiro atoms. The number of anilines is 1. The van der Waals surface area contributed by atoms with Crippen molar-refractivity contribution in [3.63, 3.8) is 0 Å². The van der Waals surface area contributed by atoms with Crippen LogP contribution in [0.25, 0.3) is 22.0 Å². The molecule has 1 aromatic carbocycles. The van der Waals surface area contributed by atoms with Crippen molar-refractivity contribution in [1.82, 2.24) is 34.9 Å². The Labute approximate surface area is 295 Å². The van der Waals surface area contributed by atoms with Gasteiger partial charge in [-0.25, -0.2) is 15.0 Å². The van der Waals surface area contributed by atoms with Crippen LogP contribution in [0.15, 0.2) is 48.8 Å². The standard InChI is InChI=1S/C36H36F3N9O4/c1-19-9-10-26(36(37,38)39)44-33(19)45-34(52)25-13-35-14-27(35)48(25)29(50)17-47-31-21(7-5-3-4-6-8-28(49)43-18-35)11-22(23-15-41-20(2)42-16-23)12-24(31)30(46-47)32(40)51/h3,5,9-12,15-16,25,27H,4,6-8,13-14,17-18H2,1-2H3,(H2,40,51)(H,43,49)(H,44,45,52)/b5-3+/t25-,27+,35-/m0/s1. The quantitative estimate of drug-likeness (QED) is 0.265. The molecular weight excluding hydrogens is 679 g/mol. The Morgan fingerprint density at radius 3 is 2.56 bits per heavy atom. The van der Waals surface area contributed by atoms with Gasteiger partial charge in [-0.05, 0) is 80.8 Å². The maximum atomic E-state index is 14.4. The number of amides is 4. The average Bonchev–Trinajstić information content (AvgIpc) is 3.50. The topological polar surface area (TPSA) is 178 Å². The molecule has 16 heteroatoms. The van der Waals surface area contributed by atoms with E-state index in [1.807, 2.05) is 18.2 Å². The van der Waals surface area contributed by atoms with Crippen LogP contribution in [0.1, 0.15) is 65.2 Å². The number of primary amides is 1. The predicted molar refractivity (Wildman–Crippen MR) is 182 cm³/mol.